The molecule has 0 aromatic rings. The highest BCUT2D eigenvalue weighted by Gasteiger charge is 2.08. The van der Waals surface area contributed by atoms with Crippen molar-refractivity contribution in [3.05, 3.63) is 0 Å². The van der Waals surface area contributed by atoms with Crippen LogP contribution in [0.5, 0.6) is 0 Å². The van der Waals surface area contributed by atoms with Crippen LogP contribution in [0.15, 0.2) is 0 Å². The van der Waals surface area contributed by atoms with E-state index < -0.39 is 12.2 Å². The lowest BCUT2D eigenvalue weighted by Crippen LogP contribution is -2.21. The van der Waals surface area contributed by atoms with Crippen molar-refractivity contribution in [1.29, 1.82) is 0 Å². The number of unbranched alkanes of at least 4 members (excludes halogenated alkanes) is 22. The van der Waals surface area contributed by atoms with E-state index in [0.29, 0.717) is 12.8 Å². The molecule has 0 aliphatic carbocycles. The summed E-state index contributed by atoms with van der Waals surface area (Å²) in [5.41, 5.74) is 0. The Balaban J connectivity index is 0. The minimum atomic E-state index is -0.955. The van der Waals surface area contributed by atoms with Gasteiger partial charge in [0, 0.05) is 12.8 Å². The van der Waals surface area contributed by atoms with Crippen LogP contribution in [0.25, 0.3) is 0 Å². The van der Waals surface area contributed by atoms with Gasteiger partial charge in [-0.15, -0.1) is 0 Å². The monoisotopic (exact) mass is 717 g/mol. The van der Waals surface area contributed by atoms with E-state index in [9.17, 15) is 9.59 Å². The maximum absolute atomic E-state index is 11.4. The normalized spacial score (nSPS) is 12.5. The average molecular weight is 717 g/mol. The van der Waals surface area contributed by atoms with Gasteiger partial charge in [-0.25, -0.2) is 0 Å². The lowest BCUT2D eigenvalue weighted by molar-refractivity contribution is -0.148. The highest BCUT2D eigenvalue weighted by Crippen LogP contribution is 2.16. The first-order valence-corrected chi connectivity index (χ1v) is 21.0. The third kappa shape index (κ3) is 44.8. The lowest BCUT2D eigenvalue weighted by Gasteiger charge is -2.08. The first-order chi connectivity index (χ1) is 24.1. The van der Waals surface area contributed by atoms with E-state index in [-0.39, 0.29) is 38.4 Å². The Bertz CT molecular complexity index is 641. The molecule has 2 atom stereocenters. The fourth-order valence-electron chi connectivity index (χ4n) is 5.81. The van der Waals surface area contributed by atoms with Crippen molar-refractivity contribution >= 4 is 11.9 Å². The molecule has 0 aromatic carbocycles. The van der Waals surface area contributed by atoms with E-state index in [1.165, 1.54) is 141 Å². The van der Waals surface area contributed by atoms with Crippen LogP contribution in [0.1, 0.15) is 207 Å². The van der Waals surface area contributed by atoms with Crippen molar-refractivity contribution < 1.29 is 39.5 Å². The molecule has 0 radical (unpaired) electrons. The first-order valence-electron chi connectivity index (χ1n) is 21.0. The number of ether oxygens (including phenoxy) is 2. The molecule has 0 bridgehead atoms. The maximum atomic E-state index is 11.4. The van der Waals surface area contributed by atoms with Crippen LogP contribution in [0.2, 0.25) is 0 Å². The molecule has 0 heterocycles. The van der Waals surface area contributed by atoms with Gasteiger partial charge in [0.25, 0.3) is 0 Å². The van der Waals surface area contributed by atoms with Gasteiger partial charge in [-0.3, -0.25) is 9.59 Å². The number of aliphatic hydroxyl groups excluding tert-OH is 4. The molecule has 0 rings (SSSR count). The quantitative estimate of drug-likeness (QED) is 0.0372. The standard InChI is InChI=1S/2C21H42O4/c2*1-19(2)15-13-11-9-7-5-3-4-6-8-10-12-14-16-21(24)25-18-20(23)17-22/h2*19-20,22-23H,3-18H2,1-2H3. The second kappa shape index (κ2) is 40.5. The molecule has 50 heavy (non-hydrogen) atoms. The van der Waals surface area contributed by atoms with Crippen LogP contribution in [0.4, 0.5) is 0 Å². The van der Waals surface area contributed by atoms with Crippen molar-refractivity contribution in [1.82, 2.24) is 0 Å². The van der Waals surface area contributed by atoms with Gasteiger partial charge in [-0.1, -0.05) is 182 Å². The van der Waals surface area contributed by atoms with Crippen molar-refractivity contribution in [2.75, 3.05) is 26.4 Å². The van der Waals surface area contributed by atoms with Crippen LogP contribution in [0.3, 0.4) is 0 Å². The molecule has 8 heteroatoms. The molecular formula is C42H84O8. The van der Waals surface area contributed by atoms with Crippen LogP contribution in [0, 0.1) is 11.8 Å². The largest absolute Gasteiger partial charge is 0.463 e. The topological polar surface area (TPSA) is 134 Å². The number of rotatable bonds is 36. The maximum Gasteiger partial charge on any atom is 0.305 e. The van der Waals surface area contributed by atoms with E-state index in [1.54, 1.807) is 0 Å². The third-order valence-corrected chi connectivity index (χ3v) is 9.12. The number of hydrogen-bond acceptors (Lipinski definition) is 8. The van der Waals surface area contributed by atoms with Crippen molar-refractivity contribution in [3.63, 3.8) is 0 Å². The predicted molar refractivity (Wildman–Crippen MR) is 207 cm³/mol. The summed E-state index contributed by atoms with van der Waals surface area (Å²) in [6.45, 7) is 8.26. The van der Waals surface area contributed by atoms with Crippen molar-refractivity contribution in [2.24, 2.45) is 11.8 Å². The van der Waals surface area contributed by atoms with E-state index in [0.717, 1.165) is 37.5 Å². The van der Waals surface area contributed by atoms with Crippen LogP contribution >= 0.6 is 0 Å². The molecule has 0 aliphatic heterocycles. The minimum absolute atomic E-state index is 0.104. The van der Waals surface area contributed by atoms with Gasteiger partial charge < -0.3 is 29.9 Å². The Hall–Kier alpha value is -1.22. The average Bonchev–Trinajstić information content (AvgIpc) is 3.09. The first kappa shape index (κ1) is 50.9. The summed E-state index contributed by atoms with van der Waals surface area (Å²) in [4.78, 5) is 22.8. The summed E-state index contributed by atoms with van der Waals surface area (Å²) in [6, 6.07) is 0. The molecule has 0 saturated heterocycles. The zero-order chi connectivity index (χ0) is 37.5. The number of carbonyl (C=O) groups excluding carboxylic acids is 2. The summed E-state index contributed by atoms with van der Waals surface area (Å²) < 4.78 is 9.73. The molecule has 0 spiro atoms. The molecule has 0 aliphatic rings. The fourth-order valence-corrected chi connectivity index (χ4v) is 5.81. The molecular weight excluding hydrogens is 632 g/mol. The summed E-state index contributed by atoms with van der Waals surface area (Å²) in [6.07, 6.45) is 32.3. The van der Waals surface area contributed by atoms with Gasteiger partial charge in [0.15, 0.2) is 0 Å². The summed E-state index contributed by atoms with van der Waals surface area (Å²) >= 11 is 0. The Kier molecular flexibility index (Phi) is 41.3. The molecule has 0 fully saturated rings. The zero-order valence-corrected chi connectivity index (χ0v) is 33.4. The molecule has 0 saturated carbocycles. The van der Waals surface area contributed by atoms with E-state index in [1.807, 2.05) is 0 Å². The minimum Gasteiger partial charge on any atom is -0.463 e. The van der Waals surface area contributed by atoms with Crippen LogP contribution in [-0.2, 0) is 19.1 Å². The highest BCUT2D eigenvalue weighted by atomic mass is 16.5. The molecule has 0 aromatic heterocycles. The van der Waals surface area contributed by atoms with Gasteiger partial charge in [0.1, 0.15) is 25.4 Å². The van der Waals surface area contributed by atoms with Gasteiger partial charge >= 0.3 is 11.9 Å². The smallest absolute Gasteiger partial charge is 0.305 e. The number of aliphatic hydroxyl groups is 4. The summed E-state index contributed by atoms with van der Waals surface area (Å²) in [5.74, 6) is 1.15. The Morgan fingerprint density at radius 2 is 0.620 bits per heavy atom. The SMILES string of the molecule is CC(C)CCCCCCCCCCCCCCC(=O)OCC(O)CO.CC(C)CCCCCCCCCCCCCCC(=O)OCC(O)CO. The second-order valence-corrected chi connectivity index (χ2v) is 15.4. The molecule has 4 N–H and O–H groups in total. The van der Waals surface area contributed by atoms with Gasteiger partial charge in [-0.2, -0.15) is 0 Å². The van der Waals surface area contributed by atoms with Crippen LogP contribution < -0.4 is 0 Å². The second-order valence-electron chi connectivity index (χ2n) is 15.4. The Labute approximate surface area is 308 Å². The molecule has 300 valence electrons. The number of esters is 2. The summed E-state index contributed by atoms with van der Waals surface area (Å²) in [5, 5.41) is 35.4. The highest BCUT2D eigenvalue weighted by molar-refractivity contribution is 5.69. The van der Waals surface area contributed by atoms with Gasteiger partial charge in [0.05, 0.1) is 13.2 Å². The van der Waals surface area contributed by atoms with E-state index >= 15 is 0 Å². The third-order valence-electron chi connectivity index (χ3n) is 9.12. The van der Waals surface area contributed by atoms with Gasteiger partial charge in [-0.05, 0) is 24.7 Å². The van der Waals surface area contributed by atoms with Crippen LogP contribution in [-0.4, -0.2) is 71.0 Å². The van der Waals surface area contributed by atoms with E-state index in [4.69, 9.17) is 29.9 Å². The van der Waals surface area contributed by atoms with E-state index in [2.05, 4.69) is 27.7 Å². The van der Waals surface area contributed by atoms with Crippen molar-refractivity contribution in [3.8, 4) is 0 Å². The zero-order valence-electron chi connectivity index (χ0n) is 33.4. The molecule has 0 amide bonds. The summed E-state index contributed by atoms with van der Waals surface area (Å²) in [7, 11) is 0. The van der Waals surface area contributed by atoms with Gasteiger partial charge in [0.2, 0.25) is 0 Å². The fraction of sp³-hybridized carbons (Fsp3) is 0.952. The number of carbonyl (C=O) groups is 2. The lowest BCUT2D eigenvalue weighted by atomic mass is 10.0. The number of hydrogen-bond donors (Lipinski definition) is 4. The predicted octanol–water partition coefficient (Wildman–Crippen LogP) is 10.0. The molecule has 8 nitrogen and oxygen atoms in total. The molecule has 2 unspecified atom stereocenters. The van der Waals surface area contributed by atoms with Crippen molar-refractivity contribution in [2.45, 2.75) is 220 Å². The Morgan fingerprint density at radius 1 is 0.400 bits per heavy atom. The Morgan fingerprint density at radius 3 is 0.840 bits per heavy atom.